The van der Waals surface area contributed by atoms with Crippen molar-refractivity contribution < 1.29 is 24.9 Å². The first kappa shape index (κ1) is 39.8. The minimum atomic E-state index is -0.624. The molecule has 0 fully saturated rings. The number of rotatable bonds is 20. The molecule has 8 heteroatoms. The number of phenolic OH excluding ortho intramolecular Hbond substituents is 2. The number of ketones is 1. The molecule has 0 aliphatic carbocycles. The van der Waals surface area contributed by atoms with E-state index in [1.807, 2.05) is 54.6 Å². The smallest absolute Gasteiger partial charge is 0.161 e. The highest BCUT2D eigenvalue weighted by molar-refractivity contribution is 5.89. The van der Waals surface area contributed by atoms with Crippen molar-refractivity contribution in [3.05, 3.63) is 160 Å². The summed E-state index contributed by atoms with van der Waals surface area (Å²) in [7, 11) is 0. The molecule has 0 bridgehead atoms. The molecule has 2 unspecified atom stereocenters. The number of benzene rings is 4. The molecule has 8 nitrogen and oxygen atoms in total. The number of ether oxygens (including phenoxy) is 1. The van der Waals surface area contributed by atoms with Gasteiger partial charge in [-0.2, -0.15) is 0 Å². The van der Waals surface area contributed by atoms with Crippen molar-refractivity contribution in [1.29, 1.82) is 0 Å². The van der Waals surface area contributed by atoms with Crippen molar-refractivity contribution in [3.63, 3.8) is 0 Å². The van der Waals surface area contributed by atoms with Crippen LogP contribution in [-0.4, -0.2) is 28.8 Å². The molecular weight excluding hydrogens is 675 g/mol. The molecule has 6 N–H and O–H groups in total. The van der Waals surface area contributed by atoms with Crippen molar-refractivity contribution in [1.82, 2.24) is 0 Å². The molecule has 0 saturated carbocycles. The van der Waals surface area contributed by atoms with Gasteiger partial charge in [-0.25, -0.2) is 0 Å². The number of hydrogen-bond donors (Lipinski definition) is 4. The summed E-state index contributed by atoms with van der Waals surface area (Å²) in [5, 5.41) is 34.7. The Morgan fingerprint density at radius 2 is 1.57 bits per heavy atom. The predicted molar refractivity (Wildman–Crippen MR) is 214 cm³/mol. The van der Waals surface area contributed by atoms with E-state index in [1.54, 1.807) is 42.8 Å². The number of allylic oxidation sites excluding steroid dienone is 5. The van der Waals surface area contributed by atoms with Crippen LogP contribution in [0.1, 0.15) is 90.9 Å². The number of aliphatic imine (C=N–C) groups is 1. The number of carbonyl (C=O) groups excluding carboxylic acids is 1. The largest absolute Gasteiger partial charge is 0.875 e. The van der Waals surface area contributed by atoms with Crippen LogP contribution < -0.4 is 21.3 Å². The summed E-state index contributed by atoms with van der Waals surface area (Å²) in [5.41, 5.74) is 17.6. The minimum Gasteiger partial charge on any atom is -0.875 e. The number of nitrogens with zero attached hydrogens (tertiary/aromatic N) is 1. The molecule has 0 spiro atoms. The molecule has 0 aromatic heterocycles. The summed E-state index contributed by atoms with van der Waals surface area (Å²) in [6.45, 7) is 2.56. The van der Waals surface area contributed by atoms with Crippen LogP contribution in [0.15, 0.2) is 132 Å². The van der Waals surface area contributed by atoms with Crippen LogP contribution in [0.2, 0.25) is 0 Å². The van der Waals surface area contributed by atoms with E-state index in [9.17, 15) is 20.1 Å². The topological polar surface area (TPSA) is 154 Å². The zero-order valence-electron chi connectivity index (χ0n) is 31.1. The molecule has 1 heterocycles. The summed E-state index contributed by atoms with van der Waals surface area (Å²) >= 11 is 0. The lowest BCUT2D eigenvalue weighted by molar-refractivity contribution is -0.307. The summed E-state index contributed by atoms with van der Waals surface area (Å²) < 4.78 is 6.01. The Morgan fingerprint density at radius 3 is 2.30 bits per heavy atom. The monoisotopic (exact) mass is 726 g/mol. The summed E-state index contributed by atoms with van der Waals surface area (Å²) in [4.78, 5) is 16.6. The van der Waals surface area contributed by atoms with Crippen LogP contribution in [0.4, 0.5) is 0 Å². The zero-order chi connectivity index (χ0) is 38.3. The van der Waals surface area contributed by atoms with Crippen LogP contribution >= 0.6 is 0 Å². The van der Waals surface area contributed by atoms with Crippen LogP contribution in [0.25, 0.3) is 0 Å². The van der Waals surface area contributed by atoms with E-state index in [-0.39, 0.29) is 36.1 Å². The van der Waals surface area contributed by atoms with Gasteiger partial charge in [-0.15, -0.1) is 5.76 Å². The second-order valence-corrected chi connectivity index (χ2v) is 14.1. The Hall–Kier alpha value is -5.44. The van der Waals surface area contributed by atoms with Crippen LogP contribution in [0.3, 0.4) is 0 Å². The lowest BCUT2D eigenvalue weighted by Crippen LogP contribution is -2.20. The highest BCUT2D eigenvalue weighted by atomic mass is 16.5. The van der Waals surface area contributed by atoms with Gasteiger partial charge in [-0.05, 0) is 108 Å². The molecule has 54 heavy (non-hydrogen) atoms. The average molecular weight is 727 g/mol. The Labute approximate surface area is 319 Å². The molecule has 0 saturated heterocycles. The molecule has 0 radical (unpaired) electrons. The van der Waals surface area contributed by atoms with Gasteiger partial charge in [-0.1, -0.05) is 92.2 Å². The standard InChI is InChI=1S/C46H53N3O5/c1-32(12-13-33-9-5-3-6-10-33)8-4-2-7-11-39(50)21-14-34-16-23-43(52)45(29-34)54-27-25-35-15-22-42(51)41(28-35)40(30-44(53)38-24-26-49-31-38)36-17-19-37(20-18-36)46(47)48/h3,5-7,9-11,15-20,22-24,26,28-29,31-32,40,46,51-53H,2,4,8,12-14,21,25,27,30,47-48H2,1H3/p-1. The number of unbranched alkanes of at least 4 members (excludes halogenated alkanes) is 1. The average Bonchev–Trinajstić information content (AvgIpc) is 3.73. The zero-order valence-corrected chi connectivity index (χ0v) is 31.1. The SMILES string of the molecule is CC(CCCC=CC(=O)CCc1ccc(O)c(OCCc2ccc(O)c(C(CC([O-])=C3C=CN=C3)c3ccc(C(N)N)cc3)c2)c1)CCc1ccccc1. The molecule has 1 aliphatic rings. The third-order valence-corrected chi connectivity index (χ3v) is 9.93. The summed E-state index contributed by atoms with van der Waals surface area (Å²) in [5.74, 6) is 0.653. The van der Waals surface area contributed by atoms with E-state index in [4.69, 9.17) is 16.2 Å². The van der Waals surface area contributed by atoms with Gasteiger partial charge in [0.2, 0.25) is 0 Å². The molecule has 1 aliphatic heterocycles. The Morgan fingerprint density at radius 1 is 0.852 bits per heavy atom. The van der Waals surface area contributed by atoms with Gasteiger partial charge in [-0.3, -0.25) is 9.79 Å². The van der Waals surface area contributed by atoms with Crippen molar-refractivity contribution in [2.24, 2.45) is 22.4 Å². The minimum absolute atomic E-state index is 0.0237. The quantitative estimate of drug-likeness (QED) is 0.0313. The second-order valence-electron chi connectivity index (χ2n) is 14.1. The Bertz CT molecular complexity index is 1930. The maximum absolute atomic E-state index is 13.2. The van der Waals surface area contributed by atoms with Gasteiger partial charge in [0.05, 0.1) is 12.8 Å². The van der Waals surface area contributed by atoms with Crippen molar-refractivity contribution >= 4 is 12.0 Å². The lowest BCUT2D eigenvalue weighted by atomic mass is 9.85. The number of aryl methyl sites for hydroxylation is 2. The maximum atomic E-state index is 13.2. The van der Waals surface area contributed by atoms with Gasteiger partial charge >= 0.3 is 0 Å². The van der Waals surface area contributed by atoms with Crippen LogP contribution in [-0.2, 0) is 24.1 Å². The van der Waals surface area contributed by atoms with Crippen LogP contribution in [0.5, 0.6) is 17.2 Å². The fourth-order valence-corrected chi connectivity index (χ4v) is 6.61. The molecule has 4 aromatic carbocycles. The normalized spacial score (nSPS) is 14.5. The first-order valence-corrected chi connectivity index (χ1v) is 18.9. The summed E-state index contributed by atoms with van der Waals surface area (Å²) in [6, 6.07) is 28.5. The van der Waals surface area contributed by atoms with E-state index in [1.165, 1.54) is 12.0 Å². The maximum Gasteiger partial charge on any atom is 0.161 e. The molecular formula is C46H52N3O5-. The lowest BCUT2D eigenvalue weighted by Gasteiger charge is -2.25. The van der Waals surface area contributed by atoms with E-state index in [0.29, 0.717) is 42.1 Å². The van der Waals surface area contributed by atoms with Gasteiger partial charge in [0.1, 0.15) is 5.75 Å². The fourth-order valence-electron chi connectivity index (χ4n) is 6.61. The van der Waals surface area contributed by atoms with Gasteiger partial charge in [0.25, 0.3) is 0 Å². The summed E-state index contributed by atoms with van der Waals surface area (Å²) in [6.07, 6.45) is 14.8. The van der Waals surface area contributed by atoms with Crippen molar-refractivity contribution in [3.8, 4) is 17.2 Å². The van der Waals surface area contributed by atoms with Crippen molar-refractivity contribution in [2.45, 2.75) is 76.8 Å². The van der Waals surface area contributed by atoms with Gasteiger partial charge in [0, 0.05) is 36.7 Å². The molecule has 0 amide bonds. The number of aromatic hydroxyl groups is 2. The first-order chi connectivity index (χ1) is 26.2. The van der Waals surface area contributed by atoms with E-state index >= 15 is 0 Å². The Balaban J connectivity index is 1.13. The van der Waals surface area contributed by atoms with E-state index in [2.05, 4.69) is 36.2 Å². The predicted octanol–water partition coefficient (Wildman–Crippen LogP) is 7.87. The third-order valence-electron chi connectivity index (χ3n) is 9.93. The van der Waals surface area contributed by atoms with E-state index in [0.717, 1.165) is 47.9 Å². The highest BCUT2D eigenvalue weighted by Crippen LogP contribution is 2.37. The first-order valence-electron chi connectivity index (χ1n) is 18.9. The molecule has 4 aromatic rings. The number of hydrogen-bond acceptors (Lipinski definition) is 8. The molecule has 5 rings (SSSR count). The van der Waals surface area contributed by atoms with Crippen LogP contribution in [0, 0.1) is 5.92 Å². The molecule has 282 valence electrons. The van der Waals surface area contributed by atoms with Crippen molar-refractivity contribution in [2.75, 3.05) is 6.61 Å². The third kappa shape index (κ3) is 12.0. The number of phenols is 2. The fraction of sp³-hybridized carbons (Fsp3) is 0.304. The second kappa shape index (κ2) is 20.1. The number of carbonyl (C=O) groups is 1. The van der Waals surface area contributed by atoms with E-state index < -0.39 is 12.1 Å². The Kier molecular flexibility index (Phi) is 14.8. The number of nitrogens with two attached hydrogens (primary N) is 2. The van der Waals surface area contributed by atoms with Gasteiger partial charge < -0.3 is 31.5 Å². The highest BCUT2D eigenvalue weighted by Gasteiger charge is 2.20. The molecule has 2 atom stereocenters. The van der Waals surface area contributed by atoms with Gasteiger partial charge in [0.15, 0.2) is 17.3 Å².